The minimum atomic E-state index is -0.804. The lowest BCUT2D eigenvalue weighted by atomic mass is 9.93. The van der Waals surface area contributed by atoms with Gasteiger partial charge in [-0.25, -0.2) is 0 Å². The third kappa shape index (κ3) is 2.42. The van der Waals surface area contributed by atoms with Crippen LogP contribution in [0.3, 0.4) is 0 Å². The van der Waals surface area contributed by atoms with Gasteiger partial charge in [0, 0.05) is 17.0 Å². The van der Waals surface area contributed by atoms with Crippen LogP contribution in [0.1, 0.15) is 29.2 Å². The number of rotatable bonds is 2. The van der Waals surface area contributed by atoms with Crippen LogP contribution < -0.4 is 5.32 Å². The van der Waals surface area contributed by atoms with E-state index in [9.17, 15) is 9.90 Å². The van der Waals surface area contributed by atoms with Gasteiger partial charge in [0.15, 0.2) is 0 Å². The average molecular weight is 288 g/mol. The van der Waals surface area contributed by atoms with E-state index in [1.54, 1.807) is 6.07 Å². The molecule has 0 spiro atoms. The van der Waals surface area contributed by atoms with Crippen LogP contribution in [0.2, 0.25) is 5.02 Å². The Morgan fingerprint density at radius 3 is 2.65 bits per heavy atom. The standard InChI is InChI=1S/C16H14ClNO2/c17-12-8-11-6-7-14(19)18-15(11)13(9-12)16(20)10-4-2-1-3-5-10/h1-5,8-9,16,20H,6-7H2,(H,18,19). The average Bonchev–Trinajstić information content (AvgIpc) is 2.47. The maximum atomic E-state index is 11.6. The summed E-state index contributed by atoms with van der Waals surface area (Å²) in [6.45, 7) is 0. The van der Waals surface area contributed by atoms with Crippen LogP contribution in [0.25, 0.3) is 0 Å². The normalized spacial score (nSPS) is 15.4. The van der Waals surface area contributed by atoms with Crippen molar-refractivity contribution < 1.29 is 9.90 Å². The van der Waals surface area contributed by atoms with Crippen molar-refractivity contribution in [2.24, 2.45) is 0 Å². The molecular formula is C16H14ClNO2. The second-order valence-electron chi connectivity index (χ2n) is 4.89. The van der Waals surface area contributed by atoms with Crippen LogP contribution in [0.4, 0.5) is 5.69 Å². The molecule has 0 fully saturated rings. The zero-order chi connectivity index (χ0) is 14.1. The van der Waals surface area contributed by atoms with Crippen molar-refractivity contribution in [3.05, 3.63) is 64.2 Å². The topological polar surface area (TPSA) is 49.3 Å². The molecule has 20 heavy (non-hydrogen) atoms. The summed E-state index contributed by atoms with van der Waals surface area (Å²) < 4.78 is 0. The molecule has 0 saturated heterocycles. The van der Waals surface area contributed by atoms with Crippen molar-refractivity contribution in [1.82, 2.24) is 0 Å². The molecule has 2 aromatic rings. The molecule has 0 aliphatic carbocycles. The van der Waals surface area contributed by atoms with Gasteiger partial charge in [-0.3, -0.25) is 4.79 Å². The Hall–Kier alpha value is -1.84. The summed E-state index contributed by atoms with van der Waals surface area (Å²) in [7, 11) is 0. The monoisotopic (exact) mass is 287 g/mol. The molecule has 0 aromatic heterocycles. The van der Waals surface area contributed by atoms with Gasteiger partial charge in [-0.05, 0) is 29.7 Å². The number of hydrogen-bond donors (Lipinski definition) is 2. The number of nitrogens with one attached hydrogen (secondary N) is 1. The second-order valence-corrected chi connectivity index (χ2v) is 5.33. The van der Waals surface area contributed by atoms with Crippen molar-refractivity contribution in [2.45, 2.75) is 18.9 Å². The number of halogens is 1. The van der Waals surface area contributed by atoms with E-state index < -0.39 is 6.10 Å². The molecule has 1 unspecified atom stereocenters. The first-order valence-electron chi connectivity index (χ1n) is 6.50. The molecule has 4 heteroatoms. The lowest BCUT2D eigenvalue weighted by Gasteiger charge is -2.23. The highest BCUT2D eigenvalue weighted by Gasteiger charge is 2.23. The molecule has 1 aliphatic rings. The number of benzene rings is 2. The van der Waals surface area contributed by atoms with Gasteiger partial charge in [0.05, 0.1) is 5.69 Å². The quantitative estimate of drug-likeness (QED) is 0.890. The summed E-state index contributed by atoms with van der Waals surface area (Å²) in [5.41, 5.74) is 3.09. The summed E-state index contributed by atoms with van der Waals surface area (Å²) in [6, 6.07) is 12.9. The van der Waals surface area contributed by atoms with Crippen molar-refractivity contribution in [3.8, 4) is 0 Å². The number of fused-ring (bicyclic) bond motifs is 1. The van der Waals surface area contributed by atoms with E-state index in [4.69, 9.17) is 11.6 Å². The van der Waals surface area contributed by atoms with Crippen LogP contribution in [0.15, 0.2) is 42.5 Å². The Labute approximate surface area is 122 Å². The minimum Gasteiger partial charge on any atom is -0.384 e. The Morgan fingerprint density at radius 1 is 1.15 bits per heavy atom. The summed E-state index contributed by atoms with van der Waals surface area (Å²) >= 11 is 6.13. The lowest BCUT2D eigenvalue weighted by molar-refractivity contribution is -0.116. The first kappa shape index (κ1) is 13.2. The summed E-state index contributed by atoms with van der Waals surface area (Å²) in [5, 5.41) is 14.0. The van der Waals surface area contributed by atoms with Crippen molar-refractivity contribution in [3.63, 3.8) is 0 Å². The molecule has 1 amide bonds. The Kier molecular flexibility index (Phi) is 3.47. The highest BCUT2D eigenvalue weighted by molar-refractivity contribution is 6.31. The zero-order valence-corrected chi connectivity index (χ0v) is 11.5. The molecule has 3 nitrogen and oxygen atoms in total. The predicted molar refractivity (Wildman–Crippen MR) is 78.9 cm³/mol. The summed E-state index contributed by atoms with van der Waals surface area (Å²) in [6.07, 6.45) is 0.298. The fraction of sp³-hybridized carbons (Fsp3) is 0.188. The smallest absolute Gasteiger partial charge is 0.224 e. The number of carbonyl (C=O) groups is 1. The second kappa shape index (κ2) is 5.27. The van der Waals surface area contributed by atoms with Crippen LogP contribution >= 0.6 is 11.6 Å². The number of amides is 1. The minimum absolute atomic E-state index is 0.0265. The fourth-order valence-corrected chi connectivity index (χ4v) is 2.77. The van der Waals surface area contributed by atoms with Gasteiger partial charge in [0.25, 0.3) is 0 Å². The maximum Gasteiger partial charge on any atom is 0.224 e. The molecule has 1 aliphatic heterocycles. The highest BCUT2D eigenvalue weighted by Crippen LogP contribution is 2.36. The fourth-order valence-electron chi connectivity index (χ4n) is 2.52. The van der Waals surface area contributed by atoms with Gasteiger partial charge in [-0.15, -0.1) is 0 Å². The van der Waals surface area contributed by atoms with E-state index >= 15 is 0 Å². The van der Waals surface area contributed by atoms with Gasteiger partial charge >= 0.3 is 0 Å². The number of aliphatic hydroxyl groups excluding tert-OH is 1. The molecule has 2 aromatic carbocycles. The first-order chi connectivity index (χ1) is 9.65. The number of aliphatic hydroxyl groups is 1. The third-order valence-electron chi connectivity index (χ3n) is 3.51. The van der Waals surface area contributed by atoms with Gasteiger partial charge in [-0.1, -0.05) is 41.9 Å². The number of hydrogen-bond acceptors (Lipinski definition) is 2. The predicted octanol–water partition coefficient (Wildman–Crippen LogP) is 3.31. The Morgan fingerprint density at radius 2 is 1.90 bits per heavy atom. The van der Waals surface area contributed by atoms with E-state index in [1.165, 1.54) is 0 Å². The van der Waals surface area contributed by atoms with Gasteiger partial charge < -0.3 is 10.4 Å². The van der Waals surface area contributed by atoms with E-state index in [0.717, 1.165) is 11.1 Å². The molecule has 102 valence electrons. The van der Waals surface area contributed by atoms with Crippen molar-refractivity contribution in [2.75, 3.05) is 5.32 Å². The zero-order valence-electron chi connectivity index (χ0n) is 10.8. The molecule has 0 radical (unpaired) electrons. The molecule has 2 N–H and O–H groups in total. The summed E-state index contributed by atoms with van der Waals surface area (Å²) in [5.74, 6) is -0.0265. The third-order valence-corrected chi connectivity index (χ3v) is 3.73. The molecular weight excluding hydrogens is 274 g/mol. The molecule has 0 saturated carbocycles. The van der Waals surface area contributed by atoms with E-state index in [1.807, 2.05) is 36.4 Å². The lowest BCUT2D eigenvalue weighted by Crippen LogP contribution is -2.21. The van der Waals surface area contributed by atoms with E-state index in [0.29, 0.717) is 29.1 Å². The van der Waals surface area contributed by atoms with Gasteiger partial charge in [-0.2, -0.15) is 0 Å². The number of carbonyl (C=O) groups excluding carboxylic acids is 1. The van der Waals surface area contributed by atoms with Crippen molar-refractivity contribution in [1.29, 1.82) is 0 Å². The Bertz CT molecular complexity index is 655. The number of aryl methyl sites for hydroxylation is 1. The SMILES string of the molecule is O=C1CCc2cc(Cl)cc(C(O)c3ccccc3)c2N1. The van der Waals surface area contributed by atoms with Crippen LogP contribution in [0.5, 0.6) is 0 Å². The number of anilines is 1. The largest absolute Gasteiger partial charge is 0.384 e. The molecule has 1 heterocycles. The van der Waals surface area contributed by atoms with Gasteiger partial charge in [0.2, 0.25) is 5.91 Å². The summed E-state index contributed by atoms with van der Waals surface area (Å²) in [4.78, 5) is 11.6. The van der Waals surface area contributed by atoms with Crippen molar-refractivity contribution >= 4 is 23.2 Å². The van der Waals surface area contributed by atoms with E-state index in [2.05, 4.69) is 5.32 Å². The molecule has 1 atom stereocenters. The molecule has 3 rings (SSSR count). The highest BCUT2D eigenvalue weighted by atomic mass is 35.5. The molecule has 0 bridgehead atoms. The van der Waals surface area contributed by atoms with Gasteiger partial charge in [0.1, 0.15) is 6.10 Å². The van der Waals surface area contributed by atoms with E-state index in [-0.39, 0.29) is 5.91 Å². The van der Waals surface area contributed by atoms with Crippen LogP contribution in [-0.4, -0.2) is 11.0 Å². The van der Waals surface area contributed by atoms with Crippen LogP contribution in [-0.2, 0) is 11.2 Å². The van der Waals surface area contributed by atoms with Crippen LogP contribution in [0, 0.1) is 0 Å². The maximum absolute atomic E-state index is 11.6. The first-order valence-corrected chi connectivity index (χ1v) is 6.88. The Balaban J connectivity index is 2.09.